The summed E-state index contributed by atoms with van der Waals surface area (Å²) in [7, 11) is 0. The van der Waals surface area contributed by atoms with Crippen LogP contribution < -0.4 is 10.9 Å². The first-order valence-electron chi connectivity index (χ1n) is 11.5. The molecule has 3 aromatic heterocycles. The highest BCUT2D eigenvalue weighted by molar-refractivity contribution is 6.35. The summed E-state index contributed by atoms with van der Waals surface area (Å²) in [5.74, 6) is -0.537. The number of carbonyl (C=O) groups excluding carboxylic acids is 1. The predicted molar refractivity (Wildman–Crippen MR) is 146 cm³/mol. The van der Waals surface area contributed by atoms with E-state index in [2.05, 4.69) is 15.3 Å². The Labute approximate surface area is 215 Å². The molecule has 0 radical (unpaired) electrons. The number of hydrogen-bond donors (Lipinski definition) is 2. The number of hydrogen-bond acceptors (Lipinski definition) is 5. The van der Waals surface area contributed by atoms with E-state index in [4.69, 9.17) is 21.6 Å². The third-order valence-corrected chi connectivity index (χ3v) is 6.22. The fourth-order valence-corrected chi connectivity index (χ4v) is 4.47. The molecule has 0 aliphatic carbocycles. The molecule has 7 nitrogen and oxygen atoms in total. The van der Waals surface area contributed by atoms with Gasteiger partial charge in [0.05, 0.1) is 21.9 Å². The van der Waals surface area contributed by atoms with Crippen LogP contribution in [0.4, 0.5) is 5.69 Å². The van der Waals surface area contributed by atoms with Gasteiger partial charge in [-0.25, -0.2) is 9.97 Å². The first-order valence-corrected chi connectivity index (χ1v) is 11.9. The van der Waals surface area contributed by atoms with Gasteiger partial charge in [-0.1, -0.05) is 66.2 Å². The van der Waals surface area contributed by atoms with Crippen LogP contribution in [0, 0.1) is 0 Å². The van der Waals surface area contributed by atoms with E-state index in [1.807, 2.05) is 54.6 Å². The monoisotopic (exact) mass is 503 g/mol. The smallest absolute Gasteiger partial charge is 0.262 e. The Balaban J connectivity index is 1.55. The maximum Gasteiger partial charge on any atom is 0.262 e. The van der Waals surface area contributed by atoms with Crippen LogP contribution in [-0.4, -0.2) is 25.8 Å². The topological polar surface area (TPSA) is 101 Å². The van der Waals surface area contributed by atoms with Crippen LogP contribution in [0.25, 0.3) is 44.6 Å². The fraction of sp³-hybridized carbons (Fsp3) is 0. The number of fused-ring (bicyclic) bond motifs is 2. The van der Waals surface area contributed by atoms with Gasteiger partial charge in [0, 0.05) is 28.4 Å². The molecule has 6 aromatic rings. The summed E-state index contributed by atoms with van der Waals surface area (Å²) in [4.78, 5) is 42.5. The minimum Gasteiger partial charge on any atom is -0.322 e. The third-order valence-electron chi connectivity index (χ3n) is 5.94. The molecule has 0 aliphatic heterocycles. The molecule has 178 valence electrons. The minimum atomic E-state index is -0.554. The van der Waals surface area contributed by atoms with Gasteiger partial charge in [-0.05, 0) is 36.4 Å². The van der Waals surface area contributed by atoms with E-state index in [0.29, 0.717) is 33.1 Å². The maximum absolute atomic E-state index is 12.9. The van der Waals surface area contributed by atoms with Crippen molar-refractivity contribution in [1.29, 1.82) is 0 Å². The Hall–Kier alpha value is -4.88. The van der Waals surface area contributed by atoms with Crippen LogP contribution in [0.15, 0.2) is 102 Å². The molecule has 0 bridgehead atoms. The second-order valence-corrected chi connectivity index (χ2v) is 8.79. The Bertz CT molecular complexity index is 1850. The zero-order chi connectivity index (χ0) is 25.4. The average molecular weight is 504 g/mol. The minimum absolute atomic E-state index is 0.0650. The van der Waals surface area contributed by atoms with Gasteiger partial charge in [-0.3, -0.25) is 14.6 Å². The van der Waals surface area contributed by atoms with Crippen molar-refractivity contribution in [3.63, 3.8) is 0 Å². The number of pyridine rings is 2. The van der Waals surface area contributed by atoms with E-state index in [0.717, 1.165) is 16.5 Å². The Morgan fingerprint density at radius 1 is 0.811 bits per heavy atom. The number of H-pyrrole nitrogens is 1. The molecule has 37 heavy (non-hydrogen) atoms. The molecule has 3 aromatic carbocycles. The number of benzene rings is 3. The number of anilines is 1. The SMILES string of the molecule is O=C(Nc1ccccc1)c1cc2nc(-c3cc(Cl)c4ncccc4c3)c(-c3ccccc3)nc2[nH]c1=O. The van der Waals surface area contributed by atoms with Crippen molar-refractivity contribution in [2.45, 2.75) is 0 Å². The first kappa shape index (κ1) is 22.6. The fourth-order valence-electron chi connectivity index (χ4n) is 4.19. The van der Waals surface area contributed by atoms with Crippen LogP contribution in [0.1, 0.15) is 10.4 Å². The molecule has 0 fully saturated rings. The molecule has 3 heterocycles. The standard InChI is InChI=1S/C29H18ClN5O2/c30-22-15-19(14-18-10-7-13-31-24(18)22)26-25(17-8-3-1-4-9-17)34-27-23(33-26)16-21(29(37)35-27)28(36)32-20-11-5-2-6-12-20/h1-16H,(H,32,36)(H,34,35,37). The molecule has 0 atom stereocenters. The number of amides is 1. The number of aromatic nitrogens is 4. The lowest BCUT2D eigenvalue weighted by Crippen LogP contribution is -2.23. The lowest BCUT2D eigenvalue weighted by atomic mass is 10.0. The highest BCUT2D eigenvalue weighted by Gasteiger charge is 2.18. The summed E-state index contributed by atoms with van der Waals surface area (Å²) in [5.41, 5.74) is 3.99. The average Bonchev–Trinajstić information content (AvgIpc) is 2.93. The number of carbonyl (C=O) groups is 1. The van der Waals surface area contributed by atoms with Crippen LogP contribution in [0.2, 0.25) is 5.02 Å². The van der Waals surface area contributed by atoms with Crippen molar-refractivity contribution >= 4 is 45.3 Å². The second-order valence-electron chi connectivity index (χ2n) is 8.39. The van der Waals surface area contributed by atoms with E-state index in [1.54, 1.807) is 36.5 Å². The van der Waals surface area contributed by atoms with Crippen molar-refractivity contribution in [2.75, 3.05) is 5.32 Å². The molecule has 6 rings (SSSR count). The maximum atomic E-state index is 12.9. The van der Waals surface area contributed by atoms with Crippen molar-refractivity contribution < 1.29 is 4.79 Å². The molecule has 8 heteroatoms. The van der Waals surface area contributed by atoms with Gasteiger partial charge in [0.15, 0.2) is 5.65 Å². The van der Waals surface area contributed by atoms with E-state index in [-0.39, 0.29) is 11.2 Å². The molecule has 1 amide bonds. The van der Waals surface area contributed by atoms with Gasteiger partial charge in [-0.2, -0.15) is 0 Å². The number of para-hydroxylation sites is 1. The van der Waals surface area contributed by atoms with Crippen LogP contribution >= 0.6 is 11.6 Å². The van der Waals surface area contributed by atoms with Crippen molar-refractivity contribution in [3.05, 3.63) is 118 Å². The third kappa shape index (κ3) is 4.32. The van der Waals surface area contributed by atoms with Gasteiger partial charge < -0.3 is 10.3 Å². The highest BCUT2D eigenvalue weighted by Crippen LogP contribution is 2.34. The molecular formula is C29H18ClN5O2. The molecule has 2 N–H and O–H groups in total. The number of aromatic amines is 1. The van der Waals surface area contributed by atoms with Crippen molar-refractivity contribution in [3.8, 4) is 22.5 Å². The summed E-state index contributed by atoms with van der Waals surface area (Å²) in [6.07, 6.45) is 1.69. The van der Waals surface area contributed by atoms with Crippen LogP contribution in [-0.2, 0) is 0 Å². The van der Waals surface area contributed by atoms with Crippen molar-refractivity contribution in [1.82, 2.24) is 19.9 Å². The first-order chi connectivity index (χ1) is 18.1. The summed E-state index contributed by atoms with van der Waals surface area (Å²) >= 11 is 6.58. The zero-order valence-electron chi connectivity index (χ0n) is 19.3. The van der Waals surface area contributed by atoms with E-state index >= 15 is 0 Å². The summed E-state index contributed by atoms with van der Waals surface area (Å²) in [5, 5.41) is 4.08. The normalized spacial score (nSPS) is 11.1. The van der Waals surface area contributed by atoms with Gasteiger partial charge >= 0.3 is 0 Å². The quantitative estimate of drug-likeness (QED) is 0.302. The van der Waals surface area contributed by atoms with E-state index in [9.17, 15) is 9.59 Å². The highest BCUT2D eigenvalue weighted by atomic mass is 35.5. The van der Waals surface area contributed by atoms with Gasteiger partial charge in [0.2, 0.25) is 0 Å². The number of nitrogens with one attached hydrogen (secondary N) is 2. The summed E-state index contributed by atoms with van der Waals surface area (Å²) in [6.45, 7) is 0. The second kappa shape index (κ2) is 9.29. The van der Waals surface area contributed by atoms with Gasteiger partial charge in [0.25, 0.3) is 11.5 Å². The van der Waals surface area contributed by atoms with E-state index < -0.39 is 11.5 Å². The van der Waals surface area contributed by atoms with Gasteiger partial charge in [-0.15, -0.1) is 0 Å². The molecule has 0 spiro atoms. The van der Waals surface area contributed by atoms with Gasteiger partial charge in [0.1, 0.15) is 11.1 Å². The van der Waals surface area contributed by atoms with E-state index in [1.165, 1.54) is 6.07 Å². The molecule has 0 unspecified atom stereocenters. The molecule has 0 saturated carbocycles. The Kier molecular flexibility index (Phi) is 5.67. The number of nitrogens with zero attached hydrogens (tertiary/aromatic N) is 3. The Morgan fingerprint density at radius 3 is 2.32 bits per heavy atom. The lowest BCUT2D eigenvalue weighted by molar-refractivity contribution is 0.102. The summed E-state index contributed by atoms with van der Waals surface area (Å²) < 4.78 is 0. The molecule has 0 aliphatic rings. The largest absolute Gasteiger partial charge is 0.322 e. The van der Waals surface area contributed by atoms with Crippen LogP contribution in [0.3, 0.4) is 0 Å². The lowest BCUT2D eigenvalue weighted by Gasteiger charge is -2.12. The molecule has 0 saturated heterocycles. The zero-order valence-corrected chi connectivity index (χ0v) is 20.0. The number of rotatable bonds is 4. The summed E-state index contributed by atoms with van der Waals surface area (Å²) in [6, 6.07) is 27.5. The number of halogens is 1. The predicted octanol–water partition coefficient (Wildman–Crippen LogP) is 6.11. The van der Waals surface area contributed by atoms with Crippen molar-refractivity contribution in [2.24, 2.45) is 0 Å². The Morgan fingerprint density at radius 2 is 1.54 bits per heavy atom. The molecular weight excluding hydrogens is 486 g/mol. The van der Waals surface area contributed by atoms with Crippen LogP contribution in [0.5, 0.6) is 0 Å².